The van der Waals surface area contributed by atoms with Gasteiger partial charge in [0, 0.05) is 44.9 Å². The minimum atomic E-state index is 0. The van der Waals surface area contributed by atoms with E-state index in [-0.39, 0.29) is 24.0 Å². The van der Waals surface area contributed by atoms with Crippen LogP contribution in [0.2, 0.25) is 0 Å². The number of likely N-dealkylation sites (N-methyl/N-ethyl adjacent to an activating group) is 1. The van der Waals surface area contributed by atoms with E-state index in [9.17, 15) is 0 Å². The predicted octanol–water partition coefficient (Wildman–Crippen LogP) is 2.42. The molecule has 1 fully saturated rings. The summed E-state index contributed by atoms with van der Waals surface area (Å²) in [5, 5.41) is 3.49. The van der Waals surface area contributed by atoms with Crippen LogP contribution in [0.15, 0.2) is 23.2 Å². The van der Waals surface area contributed by atoms with Gasteiger partial charge in [0.15, 0.2) is 5.96 Å². The van der Waals surface area contributed by atoms with Crippen molar-refractivity contribution in [3.8, 4) is 11.5 Å². The Kier molecular flexibility index (Phi) is 9.34. The lowest BCUT2D eigenvalue weighted by Gasteiger charge is -2.26. The molecule has 1 aliphatic heterocycles. The third-order valence-electron chi connectivity index (χ3n) is 4.64. The van der Waals surface area contributed by atoms with Crippen LogP contribution in [0.3, 0.4) is 0 Å². The second kappa shape index (κ2) is 10.7. The number of likely N-dealkylation sites (tertiary alicyclic amines) is 1. The number of methoxy groups -OCH3 is 2. The van der Waals surface area contributed by atoms with Gasteiger partial charge < -0.3 is 24.6 Å². The summed E-state index contributed by atoms with van der Waals surface area (Å²) in [5.41, 5.74) is 1.10. The molecule has 0 radical (unpaired) electrons. The second-order valence-electron chi connectivity index (χ2n) is 6.24. The zero-order valence-corrected chi connectivity index (χ0v) is 18.2. The lowest BCUT2D eigenvalue weighted by molar-refractivity contribution is 0.306. The van der Waals surface area contributed by atoms with Gasteiger partial charge in [0.25, 0.3) is 0 Å². The lowest BCUT2D eigenvalue weighted by atomic mass is 10.2. The van der Waals surface area contributed by atoms with E-state index >= 15 is 0 Å². The third-order valence-corrected chi connectivity index (χ3v) is 4.64. The number of halogens is 1. The highest BCUT2D eigenvalue weighted by molar-refractivity contribution is 14.0. The van der Waals surface area contributed by atoms with Crippen LogP contribution in [0, 0.1) is 0 Å². The average molecular weight is 462 g/mol. The van der Waals surface area contributed by atoms with E-state index in [1.165, 1.54) is 19.4 Å². The van der Waals surface area contributed by atoms with Crippen molar-refractivity contribution in [1.29, 1.82) is 0 Å². The highest BCUT2D eigenvalue weighted by Crippen LogP contribution is 2.25. The summed E-state index contributed by atoms with van der Waals surface area (Å²) in [5.74, 6) is 2.52. The molecule has 1 atom stereocenters. The summed E-state index contributed by atoms with van der Waals surface area (Å²) < 4.78 is 10.7. The molecule has 6 nitrogen and oxygen atoms in total. The fourth-order valence-electron chi connectivity index (χ4n) is 3.14. The Morgan fingerprint density at radius 1 is 1.36 bits per heavy atom. The van der Waals surface area contributed by atoms with Gasteiger partial charge in [-0.2, -0.15) is 0 Å². The molecule has 142 valence electrons. The first kappa shape index (κ1) is 21.8. The number of benzene rings is 1. The van der Waals surface area contributed by atoms with Crippen molar-refractivity contribution in [3.63, 3.8) is 0 Å². The normalized spacial score (nSPS) is 17.8. The highest BCUT2D eigenvalue weighted by atomic mass is 127. The predicted molar refractivity (Wildman–Crippen MR) is 113 cm³/mol. The van der Waals surface area contributed by atoms with E-state index in [0.717, 1.165) is 29.6 Å². The van der Waals surface area contributed by atoms with E-state index < -0.39 is 0 Å². The molecule has 0 aliphatic carbocycles. The molecule has 7 heteroatoms. The molecule has 1 N–H and O–H groups in total. The first-order chi connectivity index (χ1) is 11.6. The Labute approximate surface area is 168 Å². The number of rotatable bonds is 6. The van der Waals surface area contributed by atoms with Crippen molar-refractivity contribution in [1.82, 2.24) is 15.1 Å². The Bertz CT molecular complexity index is 568. The Morgan fingerprint density at radius 2 is 2.12 bits per heavy atom. The topological polar surface area (TPSA) is 49.3 Å². The third kappa shape index (κ3) is 5.91. The van der Waals surface area contributed by atoms with Crippen LogP contribution < -0.4 is 14.8 Å². The number of ether oxygens (including phenoxy) is 2. The van der Waals surface area contributed by atoms with E-state index in [4.69, 9.17) is 9.47 Å². The molecule has 1 aromatic carbocycles. The smallest absolute Gasteiger partial charge is 0.193 e. The van der Waals surface area contributed by atoms with Crippen molar-refractivity contribution in [2.24, 2.45) is 4.99 Å². The molecule has 0 spiro atoms. The molecular formula is C18H31IN4O2. The van der Waals surface area contributed by atoms with Crippen molar-refractivity contribution >= 4 is 29.9 Å². The molecule has 1 heterocycles. The number of nitrogens with zero attached hydrogens (tertiary/aromatic N) is 3. The Balaban J connectivity index is 0.00000312. The van der Waals surface area contributed by atoms with Crippen LogP contribution in [-0.2, 0) is 6.54 Å². The van der Waals surface area contributed by atoms with Gasteiger partial charge >= 0.3 is 0 Å². The first-order valence-corrected chi connectivity index (χ1v) is 8.42. The van der Waals surface area contributed by atoms with E-state index in [1.54, 1.807) is 14.2 Å². The largest absolute Gasteiger partial charge is 0.497 e. The van der Waals surface area contributed by atoms with Crippen molar-refractivity contribution in [2.75, 3.05) is 48.5 Å². The van der Waals surface area contributed by atoms with Crippen molar-refractivity contribution in [2.45, 2.75) is 25.4 Å². The van der Waals surface area contributed by atoms with Crippen LogP contribution in [-0.4, -0.2) is 70.3 Å². The fourth-order valence-corrected chi connectivity index (χ4v) is 3.14. The maximum atomic E-state index is 5.48. The van der Waals surface area contributed by atoms with Crippen molar-refractivity contribution in [3.05, 3.63) is 23.8 Å². The lowest BCUT2D eigenvalue weighted by Crippen LogP contribution is -2.44. The van der Waals surface area contributed by atoms with Gasteiger partial charge in [0.1, 0.15) is 11.5 Å². The van der Waals surface area contributed by atoms with Gasteiger partial charge in [-0.1, -0.05) is 0 Å². The first-order valence-electron chi connectivity index (χ1n) is 8.42. The van der Waals surface area contributed by atoms with Crippen LogP contribution in [0.4, 0.5) is 0 Å². The minimum absolute atomic E-state index is 0. The van der Waals surface area contributed by atoms with Crippen LogP contribution in [0.5, 0.6) is 11.5 Å². The second-order valence-corrected chi connectivity index (χ2v) is 6.24. The zero-order chi connectivity index (χ0) is 17.5. The molecule has 0 amide bonds. The van der Waals surface area contributed by atoms with Gasteiger partial charge in [-0.05, 0) is 38.6 Å². The van der Waals surface area contributed by atoms with E-state index in [1.807, 2.05) is 32.3 Å². The van der Waals surface area contributed by atoms with Gasteiger partial charge in [0.05, 0.1) is 14.2 Å². The summed E-state index contributed by atoms with van der Waals surface area (Å²) >= 11 is 0. The zero-order valence-electron chi connectivity index (χ0n) is 15.9. The van der Waals surface area contributed by atoms with Gasteiger partial charge in [-0.25, -0.2) is 0 Å². The average Bonchev–Trinajstić information content (AvgIpc) is 3.01. The number of guanidine groups is 1. The summed E-state index contributed by atoms with van der Waals surface area (Å²) in [7, 11) is 9.39. The summed E-state index contributed by atoms with van der Waals surface area (Å²) in [4.78, 5) is 8.93. The molecule has 1 unspecified atom stereocenters. The van der Waals surface area contributed by atoms with E-state index in [2.05, 4.69) is 27.2 Å². The van der Waals surface area contributed by atoms with E-state index in [0.29, 0.717) is 12.6 Å². The molecule has 1 aliphatic rings. The summed E-state index contributed by atoms with van der Waals surface area (Å²) in [6.07, 6.45) is 2.52. The van der Waals surface area contributed by atoms with Gasteiger partial charge in [-0.15, -0.1) is 24.0 Å². The maximum Gasteiger partial charge on any atom is 0.193 e. The number of hydrogen-bond acceptors (Lipinski definition) is 4. The number of nitrogens with one attached hydrogen (secondary N) is 1. The highest BCUT2D eigenvalue weighted by Gasteiger charge is 2.21. The monoisotopic (exact) mass is 462 g/mol. The Morgan fingerprint density at radius 3 is 2.68 bits per heavy atom. The van der Waals surface area contributed by atoms with Crippen LogP contribution in [0.1, 0.15) is 18.4 Å². The quantitative estimate of drug-likeness (QED) is 0.400. The molecule has 1 aromatic rings. The molecule has 25 heavy (non-hydrogen) atoms. The molecule has 2 rings (SSSR count). The molecule has 0 aromatic heterocycles. The number of aliphatic imine (C=N–C) groups is 1. The van der Waals surface area contributed by atoms with Gasteiger partial charge in [-0.3, -0.25) is 4.99 Å². The summed E-state index contributed by atoms with van der Waals surface area (Å²) in [6.45, 7) is 2.82. The minimum Gasteiger partial charge on any atom is -0.497 e. The summed E-state index contributed by atoms with van der Waals surface area (Å²) in [6, 6.07) is 6.49. The maximum absolute atomic E-state index is 5.48. The molecule has 0 bridgehead atoms. The van der Waals surface area contributed by atoms with Crippen LogP contribution in [0.25, 0.3) is 0 Å². The standard InChI is InChI=1S/C18H30N4O2.HI/c1-19-18(20-12-15-7-6-10-21(15)2)22(3)13-14-8-9-16(23-4)11-17(14)24-5;/h8-9,11,15H,6-7,10,12-13H2,1-5H3,(H,19,20);1H. The molecular weight excluding hydrogens is 431 g/mol. The fraction of sp³-hybridized carbons (Fsp3) is 0.611. The molecule has 0 saturated carbocycles. The molecule has 1 saturated heterocycles. The Hall–Kier alpha value is -1.22. The van der Waals surface area contributed by atoms with Crippen molar-refractivity contribution < 1.29 is 9.47 Å². The van der Waals surface area contributed by atoms with Crippen LogP contribution >= 0.6 is 24.0 Å². The SMILES string of the molecule is CN=C(NCC1CCCN1C)N(C)Cc1ccc(OC)cc1OC.I. The number of hydrogen-bond donors (Lipinski definition) is 1. The van der Waals surface area contributed by atoms with Gasteiger partial charge in [0.2, 0.25) is 0 Å².